The first-order valence-electron chi connectivity index (χ1n) is 10.5. The summed E-state index contributed by atoms with van der Waals surface area (Å²) >= 11 is 12.5. The molecule has 0 fully saturated rings. The predicted molar refractivity (Wildman–Crippen MR) is 125 cm³/mol. The summed E-state index contributed by atoms with van der Waals surface area (Å²) in [5, 5.41) is 5.28. The smallest absolute Gasteiger partial charge is 0.238 e. The Morgan fingerprint density at radius 2 is 1.97 bits per heavy atom. The molecule has 5 rings (SSSR count). The van der Waals surface area contributed by atoms with Crippen LogP contribution in [0.1, 0.15) is 37.4 Å². The Hall–Kier alpha value is -2.70. The van der Waals surface area contributed by atoms with Crippen LogP contribution in [0.15, 0.2) is 53.7 Å². The fourth-order valence-corrected chi connectivity index (χ4v) is 5.10. The van der Waals surface area contributed by atoms with Crippen molar-refractivity contribution in [2.45, 2.75) is 38.8 Å². The van der Waals surface area contributed by atoms with Gasteiger partial charge in [0.1, 0.15) is 11.7 Å². The number of aromatic nitrogens is 2. The fourth-order valence-electron chi connectivity index (χ4n) is 4.80. The summed E-state index contributed by atoms with van der Waals surface area (Å²) in [7, 11) is 0. The number of nitrogens with zero attached hydrogens (tertiary/aromatic N) is 4. The van der Waals surface area contributed by atoms with Gasteiger partial charge in [0.15, 0.2) is 5.82 Å². The average Bonchev–Trinajstić information content (AvgIpc) is 3.23. The van der Waals surface area contributed by atoms with Crippen LogP contribution >= 0.6 is 23.2 Å². The third-order valence-electron chi connectivity index (χ3n) is 6.34. The molecule has 0 bridgehead atoms. The lowest BCUT2D eigenvalue weighted by Gasteiger charge is -2.40. The van der Waals surface area contributed by atoms with Crippen molar-refractivity contribution < 1.29 is 9.18 Å². The second-order valence-electron chi connectivity index (χ2n) is 8.33. The van der Waals surface area contributed by atoms with Crippen molar-refractivity contribution in [2.75, 3.05) is 4.90 Å². The number of fused-ring (bicyclic) bond motifs is 2. The van der Waals surface area contributed by atoms with Gasteiger partial charge in [-0.3, -0.25) is 4.79 Å². The molecule has 2 aliphatic rings. The molecule has 0 N–H and O–H groups in total. The lowest BCUT2D eigenvalue weighted by atomic mass is 9.85. The van der Waals surface area contributed by atoms with E-state index in [-0.39, 0.29) is 11.9 Å². The number of anilines is 1. The second-order valence-corrected chi connectivity index (χ2v) is 9.14. The van der Waals surface area contributed by atoms with Gasteiger partial charge in [-0.15, -0.1) is 0 Å². The molecule has 3 atom stereocenters. The van der Waals surface area contributed by atoms with Crippen molar-refractivity contribution >= 4 is 46.3 Å². The zero-order valence-corrected chi connectivity index (χ0v) is 19.1. The van der Waals surface area contributed by atoms with Gasteiger partial charge >= 0.3 is 0 Å². The molecule has 0 saturated heterocycles. The number of hydrogen-bond acceptors (Lipinski definition) is 3. The molecule has 3 heterocycles. The maximum Gasteiger partial charge on any atom is 0.238 e. The van der Waals surface area contributed by atoms with Crippen LogP contribution in [0.2, 0.25) is 10.0 Å². The third-order valence-corrected chi connectivity index (χ3v) is 7.08. The van der Waals surface area contributed by atoms with Crippen LogP contribution in [0.25, 0.3) is 0 Å². The number of amides is 1. The number of aliphatic imine (C=N–C) groups is 1. The Morgan fingerprint density at radius 3 is 2.75 bits per heavy atom. The molecule has 1 aromatic heterocycles. The van der Waals surface area contributed by atoms with E-state index in [2.05, 4.69) is 10.1 Å². The molecule has 2 aliphatic heterocycles. The zero-order chi connectivity index (χ0) is 22.6. The number of aryl methyl sites for hydroxylation is 1. The molecule has 0 aliphatic carbocycles. The van der Waals surface area contributed by atoms with Crippen molar-refractivity contribution in [2.24, 2.45) is 10.9 Å². The molecule has 8 heteroatoms. The first kappa shape index (κ1) is 21.2. The van der Waals surface area contributed by atoms with Crippen LogP contribution in [-0.2, 0) is 11.2 Å². The molecule has 0 saturated carbocycles. The largest absolute Gasteiger partial charge is 0.306 e. The number of carbonyl (C=O) groups is 1. The Kier molecular flexibility index (Phi) is 5.30. The van der Waals surface area contributed by atoms with Crippen molar-refractivity contribution in [3.8, 4) is 0 Å². The average molecular weight is 471 g/mol. The first-order chi connectivity index (χ1) is 15.4. The minimum atomic E-state index is -0.673. The summed E-state index contributed by atoms with van der Waals surface area (Å²) in [6, 6.07) is 11.5. The number of halogens is 3. The Balaban J connectivity index is 1.66. The number of hydrogen-bond donors (Lipinski definition) is 0. The zero-order valence-electron chi connectivity index (χ0n) is 17.6. The topological polar surface area (TPSA) is 50.5 Å². The molecule has 5 nitrogen and oxygen atoms in total. The first-order valence-corrected chi connectivity index (χ1v) is 11.3. The third kappa shape index (κ3) is 3.33. The maximum absolute atomic E-state index is 15.0. The SMILES string of the molecule is CC1=Nc2ccnn2C(c2ccc(Cl)c(Cl)c2)C1C(=O)N1c2c(F)cccc2CCC1C. The number of rotatable bonds is 2. The van der Waals surface area contributed by atoms with E-state index in [9.17, 15) is 9.18 Å². The second kappa shape index (κ2) is 8.01. The number of benzene rings is 2. The van der Waals surface area contributed by atoms with Gasteiger partial charge in [0.05, 0.1) is 28.0 Å². The lowest BCUT2D eigenvalue weighted by Crippen LogP contribution is -2.50. The predicted octanol–water partition coefficient (Wildman–Crippen LogP) is 6.01. The van der Waals surface area contributed by atoms with Crippen molar-refractivity contribution in [3.05, 3.63) is 75.7 Å². The molecule has 3 unspecified atom stereocenters. The van der Waals surface area contributed by atoms with E-state index in [1.807, 2.05) is 26.0 Å². The molecule has 0 radical (unpaired) electrons. The van der Waals surface area contributed by atoms with Gasteiger partial charge in [-0.2, -0.15) is 5.10 Å². The van der Waals surface area contributed by atoms with Crippen LogP contribution in [0, 0.1) is 11.7 Å². The highest BCUT2D eigenvalue weighted by molar-refractivity contribution is 6.42. The summed E-state index contributed by atoms with van der Waals surface area (Å²) < 4.78 is 16.7. The number of para-hydroxylation sites is 1. The Bertz CT molecular complexity index is 1250. The van der Waals surface area contributed by atoms with E-state index in [4.69, 9.17) is 23.2 Å². The van der Waals surface area contributed by atoms with E-state index in [1.54, 1.807) is 40.0 Å². The van der Waals surface area contributed by atoms with Gasteiger partial charge in [-0.05, 0) is 56.0 Å². The quantitative estimate of drug-likeness (QED) is 0.460. The van der Waals surface area contributed by atoms with E-state index < -0.39 is 17.8 Å². The molecular weight excluding hydrogens is 450 g/mol. The van der Waals surface area contributed by atoms with Crippen molar-refractivity contribution in [1.82, 2.24) is 9.78 Å². The highest BCUT2D eigenvalue weighted by atomic mass is 35.5. The Morgan fingerprint density at radius 1 is 1.16 bits per heavy atom. The van der Waals surface area contributed by atoms with Gasteiger partial charge in [0, 0.05) is 17.8 Å². The molecule has 32 heavy (non-hydrogen) atoms. The van der Waals surface area contributed by atoms with Crippen LogP contribution in [0.3, 0.4) is 0 Å². The van der Waals surface area contributed by atoms with E-state index in [0.29, 0.717) is 27.3 Å². The maximum atomic E-state index is 15.0. The number of carbonyl (C=O) groups excluding carboxylic acids is 1. The molecule has 0 spiro atoms. The Labute approximate surface area is 195 Å². The molecule has 3 aromatic rings. The molecule has 2 aromatic carbocycles. The normalized spacial score (nSPS) is 22.2. The van der Waals surface area contributed by atoms with Crippen LogP contribution in [0.5, 0.6) is 0 Å². The van der Waals surface area contributed by atoms with Gasteiger partial charge in [0.25, 0.3) is 0 Å². The van der Waals surface area contributed by atoms with Crippen molar-refractivity contribution in [3.63, 3.8) is 0 Å². The van der Waals surface area contributed by atoms with Crippen LogP contribution in [0.4, 0.5) is 15.9 Å². The minimum Gasteiger partial charge on any atom is -0.306 e. The van der Waals surface area contributed by atoms with Gasteiger partial charge in [-0.1, -0.05) is 41.4 Å². The van der Waals surface area contributed by atoms with Gasteiger partial charge in [-0.25, -0.2) is 14.1 Å². The minimum absolute atomic E-state index is 0.145. The summed E-state index contributed by atoms with van der Waals surface area (Å²) in [5.41, 5.74) is 2.64. The van der Waals surface area contributed by atoms with Gasteiger partial charge < -0.3 is 4.90 Å². The molecule has 1 amide bonds. The van der Waals surface area contributed by atoms with E-state index in [1.165, 1.54) is 6.07 Å². The fraction of sp³-hybridized carbons (Fsp3) is 0.292. The summed E-state index contributed by atoms with van der Waals surface area (Å²) in [5.74, 6) is -0.616. The monoisotopic (exact) mass is 470 g/mol. The van der Waals surface area contributed by atoms with Crippen LogP contribution < -0.4 is 4.90 Å². The van der Waals surface area contributed by atoms with E-state index in [0.717, 1.165) is 24.0 Å². The van der Waals surface area contributed by atoms with Crippen LogP contribution in [-0.4, -0.2) is 27.4 Å². The molecular formula is C24H21Cl2FN4O. The van der Waals surface area contributed by atoms with E-state index >= 15 is 0 Å². The highest BCUT2D eigenvalue weighted by Crippen LogP contribution is 2.41. The standard InChI is InChI=1S/C24H21Cl2FN4O/c1-13-6-7-15-4-3-5-19(27)22(15)30(13)24(32)21-14(2)29-20-10-11-28-31(20)23(21)16-8-9-17(25)18(26)12-16/h3-5,8-13,21,23H,6-7H2,1-2H3. The molecule has 164 valence electrons. The lowest BCUT2D eigenvalue weighted by molar-refractivity contribution is -0.122. The summed E-state index contributed by atoms with van der Waals surface area (Å²) in [6.45, 7) is 3.79. The highest BCUT2D eigenvalue weighted by Gasteiger charge is 2.43. The summed E-state index contributed by atoms with van der Waals surface area (Å²) in [6.07, 6.45) is 3.15. The van der Waals surface area contributed by atoms with Crippen molar-refractivity contribution in [1.29, 1.82) is 0 Å². The summed E-state index contributed by atoms with van der Waals surface area (Å²) in [4.78, 5) is 20.4. The van der Waals surface area contributed by atoms with Gasteiger partial charge in [0.2, 0.25) is 5.91 Å².